The molecule has 1 fully saturated rings. The van der Waals surface area contributed by atoms with Crippen molar-refractivity contribution in [1.82, 2.24) is 14.8 Å². The van der Waals surface area contributed by atoms with Gasteiger partial charge >= 0.3 is 6.18 Å². The van der Waals surface area contributed by atoms with Crippen LogP contribution in [-0.4, -0.2) is 60.0 Å². The van der Waals surface area contributed by atoms with Gasteiger partial charge in [0.2, 0.25) is 0 Å². The SMILES string of the molecule is O=C(c1cc2ccccc2[nH]1)N1CCN(CCOc2ccc(Cl)c(C(F)(F)F)c2)CC1. The molecule has 1 N–H and O–H groups in total. The fourth-order valence-electron chi connectivity index (χ4n) is 3.64. The van der Waals surface area contributed by atoms with E-state index >= 15 is 0 Å². The number of benzene rings is 2. The van der Waals surface area contributed by atoms with E-state index in [4.69, 9.17) is 16.3 Å². The van der Waals surface area contributed by atoms with Gasteiger partial charge in [-0.1, -0.05) is 29.8 Å². The van der Waals surface area contributed by atoms with Crippen molar-refractivity contribution >= 4 is 28.4 Å². The number of amides is 1. The van der Waals surface area contributed by atoms with Gasteiger partial charge in [-0.2, -0.15) is 13.2 Å². The molecular formula is C22H21ClF3N3O2. The number of fused-ring (bicyclic) bond motifs is 1. The minimum atomic E-state index is -4.52. The monoisotopic (exact) mass is 451 g/mol. The number of alkyl halides is 3. The number of nitrogens with zero attached hydrogens (tertiary/aromatic N) is 2. The molecule has 0 spiro atoms. The Morgan fingerprint density at radius 3 is 2.52 bits per heavy atom. The number of carbonyl (C=O) groups excluding carboxylic acids is 1. The molecule has 164 valence electrons. The standard InChI is InChI=1S/C22H21ClF3N3O2/c23-18-6-5-16(14-17(18)22(24,25)26)31-12-11-28-7-9-29(10-8-28)21(30)20-13-15-3-1-2-4-19(15)27-20/h1-6,13-14,27H,7-12H2. The van der Waals surface area contributed by atoms with Gasteiger partial charge in [-0.05, 0) is 30.3 Å². The quantitative estimate of drug-likeness (QED) is 0.613. The lowest BCUT2D eigenvalue weighted by molar-refractivity contribution is -0.137. The first kappa shape index (κ1) is 21.5. The van der Waals surface area contributed by atoms with E-state index < -0.39 is 11.7 Å². The van der Waals surface area contributed by atoms with Crippen LogP contribution in [0.25, 0.3) is 10.9 Å². The van der Waals surface area contributed by atoms with Crippen molar-refractivity contribution in [3.63, 3.8) is 0 Å². The zero-order valence-electron chi connectivity index (χ0n) is 16.6. The van der Waals surface area contributed by atoms with E-state index in [-0.39, 0.29) is 23.3 Å². The smallest absolute Gasteiger partial charge is 0.417 e. The summed E-state index contributed by atoms with van der Waals surface area (Å²) < 4.78 is 44.3. The van der Waals surface area contributed by atoms with Crippen LogP contribution >= 0.6 is 11.6 Å². The number of hydrogen-bond donors (Lipinski definition) is 1. The lowest BCUT2D eigenvalue weighted by Gasteiger charge is -2.34. The summed E-state index contributed by atoms with van der Waals surface area (Å²) in [6.45, 7) is 3.29. The van der Waals surface area contributed by atoms with Crippen LogP contribution in [0.1, 0.15) is 16.1 Å². The molecule has 0 unspecified atom stereocenters. The topological polar surface area (TPSA) is 48.6 Å². The van der Waals surface area contributed by atoms with Crippen LogP contribution in [0, 0.1) is 0 Å². The summed E-state index contributed by atoms with van der Waals surface area (Å²) >= 11 is 5.62. The van der Waals surface area contributed by atoms with Crippen molar-refractivity contribution in [1.29, 1.82) is 0 Å². The number of ether oxygens (including phenoxy) is 1. The van der Waals surface area contributed by atoms with Crippen LogP contribution < -0.4 is 4.74 Å². The Kier molecular flexibility index (Phi) is 6.11. The normalized spacial score (nSPS) is 15.4. The molecule has 1 amide bonds. The zero-order chi connectivity index (χ0) is 22.0. The van der Waals surface area contributed by atoms with Gasteiger partial charge < -0.3 is 14.6 Å². The lowest BCUT2D eigenvalue weighted by atomic mass is 10.2. The van der Waals surface area contributed by atoms with E-state index in [1.54, 1.807) is 4.90 Å². The first-order chi connectivity index (χ1) is 14.8. The summed E-state index contributed by atoms with van der Waals surface area (Å²) in [6, 6.07) is 13.1. The number of para-hydroxylation sites is 1. The summed E-state index contributed by atoms with van der Waals surface area (Å²) in [5.41, 5.74) is 0.592. The molecule has 0 aliphatic carbocycles. The molecule has 2 heterocycles. The molecular weight excluding hydrogens is 431 g/mol. The van der Waals surface area contributed by atoms with Crippen LogP contribution in [0.2, 0.25) is 5.02 Å². The largest absolute Gasteiger partial charge is 0.492 e. The van der Waals surface area contributed by atoms with Crippen molar-refractivity contribution in [3.05, 3.63) is 64.8 Å². The third-order valence-corrected chi connectivity index (χ3v) is 5.67. The third-order valence-electron chi connectivity index (χ3n) is 5.34. The number of hydrogen-bond acceptors (Lipinski definition) is 3. The van der Waals surface area contributed by atoms with Crippen molar-refractivity contribution in [2.75, 3.05) is 39.3 Å². The molecule has 5 nitrogen and oxygen atoms in total. The second kappa shape index (κ2) is 8.80. The summed E-state index contributed by atoms with van der Waals surface area (Å²) in [5, 5.41) is 0.646. The number of carbonyl (C=O) groups is 1. The first-order valence-corrected chi connectivity index (χ1v) is 10.3. The highest BCUT2D eigenvalue weighted by Crippen LogP contribution is 2.36. The zero-order valence-corrected chi connectivity index (χ0v) is 17.3. The van der Waals surface area contributed by atoms with E-state index in [1.165, 1.54) is 12.1 Å². The average molecular weight is 452 g/mol. The Hall–Kier alpha value is -2.71. The highest BCUT2D eigenvalue weighted by molar-refractivity contribution is 6.31. The number of halogens is 4. The molecule has 2 aromatic carbocycles. The first-order valence-electron chi connectivity index (χ1n) is 9.90. The summed E-state index contributed by atoms with van der Waals surface area (Å²) in [7, 11) is 0. The predicted octanol–water partition coefficient (Wildman–Crippen LogP) is 4.68. The Morgan fingerprint density at radius 1 is 1.06 bits per heavy atom. The van der Waals surface area contributed by atoms with Crippen molar-refractivity contribution in [3.8, 4) is 5.75 Å². The lowest BCUT2D eigenvalue weighted by Crippen LogP contribution is -2.49. The van der Waals surface area contributed by atoms with Crippen molar-refractivity contribution in [2.45, 2.75) is 6.18 Å². The second-order valence-electron chi connectivity index (χ2n) is 7.39. The molecule has 9 heteroatoms. The Bertz CT molecular complexity index is 1040. The van der Waals surface area contributed by atoms with Gasteiger partial charge in [0, 0.05) is 43.6 Å². The van der Waals surface area contributed by atoms with Crippen LogP contribution in [0.15, 0.2) is 48.5 Å². The van der Waals surface area contributed by atoms with Gasteiger partial charge in [0.25, 0.3) is 5.91 Å². The second-order valence-corrected chi connectivity index (χ2v) is 7.80. The minimum absolute atomic E-state index is 0.0343. The van der Waals surface area contributed by atoms with Gasteiger partial charge in [-0.3, -0.25) is 9.69 Å². The van der Waals surface area contributed by atoms with Crippen LogP contribution in [0.3, 0.4) is 0 Å². The van der Waals surface area contributed by atoms with Gasteiger partial charge in [-0.25, -0.2) is 0 Å². The Labute approximate surface area is 182 Å². The maximum Gasteiger partial charge on any atom is 0.417 e. The van der Waals surface area contributed by atoms with E-state index in [0.717, 1.165) is 17.0 Å². The number of aromatic amines is 1. The van der Waals surface area contributed by atoms with Crippen molar-refractivity contribution in [2.24, 2.45) is 0 Å². The molecule has 31 heavy (non-hydrogen) atoms. The molecule has 0 bridgehead atoms. The average Bonchev–Trinajstić information content (AvgIpc) is 3.18. The number of H-pyrrole nitrogens is 1. The van der Waals surface area contributed by atoms with E-state index in [2.05, 4.69) is 9.88 Å². The van der Waals surface area contributed by atoms with Gasteiger partial charge in [0.15, 0.2) is 0 Å². The molecule has 1 aromatic heterocycles. The maximum atomic E-state index is 12.9. The van der Waals surface area contributed by atoms with E-state index in [1.807, 2.05) is 30.3 Å². The van der Waals surface area contributed by atoms with Crippen molar-refractivity contribution < 1.29 is 22.7 Å². The van der Waals surface area contributed by atoms with Gasteiger partial charge in [0.05, 0.1) is 10.6 Å². The Balaban J connectivity index is 1.26. The summed E-state index contributed by atoms with van der Waals surface area (Å²) in [6.07, 6.45) is -4.52. The van der Waals surface area contributed by atoms with E-state index in [9.17, 15) is 18.0 Å². The summed E-state index contributed by atoms with van der Waals surface area (Å²) in [5.74, 6) is 0.0947. The fraction of sp³-hybridized carbons (Fsp3) is 0.318. The molecule has 0 radical (unpaired) electrons. The summed E-state index contributed by atoms with van der Waals surface area (Å²) in [4.78, 5) is 19.8. The molecule has 1 aliphatic heterocycles. The van der Waals surface area contributed by atoms with Crippen LogP contribution in [0.4, 0.5) is 13.2 Å². The van der Waals surface area contributed by atoms with Crippen LogP contribution in [0.5, 0.6) is 5.75 Å². The number of nitrogens with one attached hydrogen (secondary N) is 1. The third kappa shape index (κ3) is 4.97. The van der Waals surface area contributed by atoms with Crippen LogP contribution in [-0.2, 0) is 6.18 Å². The maximum absolute atomic E-state index is 12.9. The molecule has 1 saturated heterocycles. The highest BCUT2D eigenvalue weighted by Gasteiger charge is 2.33. The molecule has 0 saturated carbocycles. The number of rotatable bonds is 5. The molecule has 4 rings (SSSR count). The number of piperazine rings is 1. The molecule has 0 atom stereocenters. The fourth-order valence-corrected chi connectivity index (χ4v) is 3.86. The van der Waals surface area contributed by atoms with E-state index in [0.29, 0.717) is 38.4 Å². The van der Waals surface area contributed by atoms with Gasteiger partial charge in [0.1, 0.15) is 18.1 Å². The predicted molar refractivity (Wildman–Crippen MR) is 113 cm³/mol. The van der Waals surface area contributed by atoms with Gasteiger partial charge in [-0.15, -0.1) is 0 Å². The molecule has 3 aromatic rings. The molecule has 1 aliphatic rings. The number of aromatic nitrogens is 1. The minimum Gasteiger partial charge on any atom is -0.492 e. The highest BCUT2D eigenvalue weighted by atomic mass is 35.5. The Morgan fingerprint density at radius 2 is 1.81 bits per heavy atom.